The maximum atomic E-state index is 13.1. The van der Waals surface area contributed by atoms with Gasteiger partial charge in [0.2, 0.25) is 0 Å². The summed E-state index contributed by atoms with van der Waals surface area (Å²) in [6, 6.07) is 22.9. The van der Waals surface area contributed by atoms with Crippen LogP contribution in [0.2, 0.25) is 0 Å². The number of carbonyl (C=O) groups excluding carboxylic acids is 1. The van der Waals surface area contributed by atoms with Gasteiger partial charge in [-0.1, -0.05) is 69.3 Å². The lowest BCUT2D eigenvalue weighted by Crippen LogP contribution is -2.17. The number of ether oxygens (including phenoxy) is 1. The van der Waals surface area contributed by atoms with Crippen molar-refractivity contribution >= 4 is 11.7 Å². The van der Waals surface area contributed by atoms with Gasteiger partial charge in [-0.15, -0.1) is 0 Å². The Kier molecular flexibility index (Phi) is 10.8. The highest BCUT2D eigenvalue weighted by Gasteiger charge is 2.30. The molecule has 0 aliphatic rings. The van der Waals surface area contributed by atoms with Gasteiger partial charge in [-0.05, 0) is 77.6 Å². The van der Waals surface area contributed by atoms with Gasteiger partial charge >= 0.3 is 12.1 Å². The van der Waals surface area contributed by atoms with Crippen LogP contribution in [0.3, 0.4) is 0 Å². The van der Waals surface area contributed by atoms with Crippen LogP contribution in [-0.2, 0) is 15.7 Å². The fourth-order valence-electron chi connectivity index (χ4n) is 4.89. The number of nitrogens with one attached hydrogen (secondary N) is 1. The quantitative estimate of drug-likeness (QED) is 0.229. The molecule has 4 nitrogen and oxygen atoms in total. The van der Waals surface area contributed by atoms with Crippen molar-refractivity contribution in [3.05, 3.63) is 89.5 Å². The average Bonchev–Trinajstić information content (AvgIpc) is 2.94. The minimum absolute atomic E-state index is 0.178. The van der Waals surface area contributed by atoms with E-state index in [0.29, 0.717) is 24.1 Å². The summed E-state index contributed by atoms with van der Waals surface area (Å²) in [4.78, 5) is 12.7. The zero-order chi connectivity index (χ0) is 29.3. The summed E-state index contributed by atoms with van der Waals surface area (Å²) < 4.78 is 44.5. The van der Waals surface area contributed by atoms with Crippen molar-refractivity contribution in [2.24, 2.45) is 11.8 Å². The van der Waals surface area contributed by atoms with Gasteiger partial charge in [-0.2, -0.15) is 18.4 Å². The number of hydrogen-bond donors (Lipinski definition) is 1. The number of benzene rings is 3. The highest BCUT2D eigenvalue weighted by molar-refractivity contribution is 5.80. The normalized spacial score (nSPS) is 13.8. The minimum Gasteiger partial charge on any atom is -0.469 e. The number of methoxy groups -OCH3 is 1. The van der Waals surface area contributed by atoms with Gasteiger partial charge in [0, 0.05) is 12.2 Å². The first kappa shape index (κ1) is 30.7. The molecule has 0 bridgehead atoms. The second-order valence-electron chi connectivity index (χ2n) is 10.8. The highest BCUT2D eigenvalue weighted by atomic mass is 19.4. The molecule has 0 aliphatic heterocycles. The molecule has 0 amide bonds. The summed E-state index contributed by atoms with van der Waals surface area (Å²) in [5, 5.41) is 13.1. The van der Waals surface area contributed by atoms with Gasteiger partial charge < -0.3 is 10.1 Å². The predicted molar refractivity (Wildman–Crippen MR) is 153 cm³/mol. The Morgan fingerprint density at radius 3 is 2.17 bits per heavy atom. The smallest absolute Gasteiger partial charge is 0.416 e. The maximum Gasteiger partial charge on any atom is 0.416 e. The first-order valence-electron chi connectivity index (χ1n) is 13.6. The van der Waals surface area contributed by atoms with Gasteiger partial charge in [0.25, 0.3) is 0 Å². The van der Waals surface area contributed by atoms with Crippen molar-refractivity contribution in [3.63, 3.8) is 0 Å². The number of halogens is 3. The molecule has 0 aromatic heterocycles. The van der Waals surface area contributed by atoms with Gasteiger partial charge in [0.15, 0.2) is 0 Å². The third kappa shape index (κ3) is 8.61. The predicted octanol–water partition coefficient (Wildman–Crippen LogP) is 8.81. The minimum atomic E-state index is -4.41. The van der Waals surface area contributed by atoms with E-state index in [9.17, 15) is 23.2 Å². The molecular weight excluding hydrogens is 513 g/mol. The Morgan fingerprint density at radius 2 is 1.60 bits per heavy atom. The van der Waals surface area contributed by atoms with Gasteiger partial charge in [0.1, 0.15) is 0 Å². The summed E-state index contributed by atoms with van der Waals surface area (Å²) in [5.41, 5.74) is 3.17. The molecule has 40 heavy (non-hydrogen) atoms. The highest BCUT2D eigenvalue weighted by Crippen LogP contribution is 2.35. The molecule has 0 saturated heterocycles. The Hall–Kier alpha value is -3.79. The molecule has 0 saturated carbocycles. The number of esters is 1. The standard InChI is InChI=1S/C33H37F3N2O2/c1-22(2)16-31(32(39)40-4)27-18-26(25-10-12-29(13-11-25)33(34,35)36)19-30(20-27)38-15-14-23(3)17-28(21-37)24-8-6-5-7-9-24/h5-13,18-20,22-23,28,31,38H,14-17H2,1-4H3/t23?,28?,31-/m1/s1. The largest absolute Gasteiger partial charge is 0.469 e. The van der Waals surface area contributed by atoms with Gasteiger partial charge in [0.05, 0.1) is 30.6 Å². The van der Waals surface area contributed by atoms with Crippen LogP contribution in [0.25, 0.3) is 11.1 Å². The summed E-state index contributed by atoms with van der Waals surface area (Å²) in [5.74, 6) is -0.516. The van der Waals surface area contributed by atoms with Crippen LogP contribution < -0.4 is 5.32 Å². The number of nitriles is 1. The van der Waals surface area contributed by atoms with Crippen molar-refractivity contribution < 1.29 is 22.7 Å². The number of alkyl halides is 3. The van der Waals surface area contributed by atoms with E-state index in [1.807, 2.05) is 62.4 Å². The molecule has 0 radical (unpaired) electrons. The van der Waals surface area contributed by atoms with Crippen LogP contribution in [0.15, 0.2) is 72.8 Å². The average molecular weight is 551 g/mol. The van der Waals surface area contributed by atoms with E-state index in [4.69, 9.17) is 4.74 Å². The lowest BCUT2D eigenvalue weighted by Gasteiger charge is -2.21. The van der Waals surface area contributed by atoms with Crippen LogP contribution in [0.1, 0.15) is 68.6 Å². The molecule has 7 heteroatoms. The van der Waals surface area contributed by atoms with Gasteiger partial charge in [-0.3, -0.25) is 4.79 Å². The second-order valence-corrected chi connectivity index (χ2v) is 10.8. The topological polar surface area (TPSA) is 62.1 Å². The Balaban J connectivity index is 1.83. The lowest BCUT2D eigenvalue weighted by molar-refractivity contribution is -0.143. The van der Waals surface area contributed by atoms with Crippen molar-refractivity contribution in [1.29, 1.82) is 5.26 Å². The van der Waals surface area contributed by atoms with E-state index in [-0.39, 0.29) is 23.7 Å². The van der Waals surface area contributed by atoms with Crippen molar-refractivity contribution in [1.82, 2.24) is 0 Å². The maximum absolute atomic E-state index is 13.1. The van der Waals surface area contributed by atoms with Crippen LogP contribution in [0.4, 0.5) is 18.9 Å². The fraction of sp³-hybridized carbons (Fsp3) is 0.394. The van der Waals surface area contributed by atoms with Gasteiger partial charge in [-0.25, -0.2) is 0 Å². The molecule has 0 aliphatic carbocycles. The number of rotatable bonds is 12. The SMILES string of the molecule is COC(=O)[C@H](CC(C)C)c1cc(NCCC(C)CC(C#N)c2ccccc2)cc(-c2ccc(C(F)(F)F)cc2)c1. The van der Waals surface area contributed by atoms with Crippen LogP contribution in [0, 0.1) is 23.2 Å². The molecule has 0 fully saturated rings. The first-order chi connectivity index (χ1) is 19.0. The molecule has 2 unspecified atom stereocenters. The Morgan fingerprint density at radius 1 is 0.925 bits per heavy atom. The summed E-state index contributed by atoms with van der Waals surface area (Å²) in [6.45, 7) is 6.81. The molecular formula is C33H37F3N2O2. The molecule has 3 aromatic rings. The monoisotopic (exact) mass is 550 g/mol. The first-order valence-corrected chi connectivity index (χ1v) is 13.6. The third-order valence-corrected chi connectivity index (χ3v) is 7.06. The second kappa shape index (κ2) is 14.0. The van der Waals surface area contributed by atoms with E-state index in [1.54, 1.807) is 0 Å². The van der Waals surface area contributed by atoms with Crippen LogP contribution in [-0.4, -0.2) is 19.6 Å². The van der Waals surface area contributed by atoms with E-state index >= 15 is 0 Å². The summed E-state index contributed by atoms with van der Waals surface area (Å²) in [6.07, 6.45) is -2.29. The summed E-state index contributed by atoms with van der Waals surface area (Å²) >= 11 is 0. The van der Waals surface area contributed by atoms with Crippen molar-refractivity contribution in [2.45, 2.75) is 58.0 Å². The Bertz CT molecular complexity index is 1280. The summed E-state index contributed by atoms with van der Waals surface area (Å²) in [7, 11) is 1.36. The zero-order valence-electron chi connectivity index (χ0n) is 23.5. The molecule has 0 spiro atoms. The molecule has 3 atom stereocenters. The van der Waals surface area contributed by atoms with Crippen LogP contribution in [0.5, 0.6) is 0 Å². The number of anilines is 1. The molecule has 1 N–H and O–H groups in total. The van der Waals surface area contributed by atoms with E-state index < -0.39 is 17.7 Å². The van der Waals surface area contributed by atoms with E-state index in [1.165, 1.54) is 19.2 Å². The van der Waals surface area contributed by atoms with Crippen molar-refractivity contribution in [2.75, 3.05) is 19.0 Å². The molecule has 0 heterocycles. The van der Waals surface area contributed by atoms with Crippen molar-refractivity contribution in [3.8, 4) is 17.2 Å². The zero-order valence-corrected chi connectivity index (χ0v) is 23.5. The number of carbonyl (C=O) groups is 1. The molecule has 3 rings (SSSR count). The van der Waals surface area contributed by atoms with E-state index in [0.717, 1.165) is 41.8 Å². The molecule has 212 valence electrons. The molecule has 3 aromatic carbocycles. The third-order valence-electron chi connectivity index (χ3n) is 7.06. The van der Waals surface area contributed by atoms with Crippen LogP contribution >= 0.6 is 0 Å². The number of nitrogens with zero attached hydrogens (tertiary/aromatic N) is 1. The number of hydrogen-bond acceptors (Lipinski definition) is 4. The lowest BCUT2D eigenvalue weighted by atomic mass is 9.88. The van der Waals surface area contributed by atoms with E-state index in [2.05, 4.69) is 18.3 Å². The fourth-order valence-corrected chi connectivity index (χ4v) is 4.89. The Labute approximate surface area is 235 Å².